The molecule has 2 heterocycles. The minimum Gasteiger partial charge on any atom is -0.511 e. The molecule has 0 bridgehead atoms. The van der Waals surface area contributed by atoms with Gasteiger partial charge in [-0.1, -0.05) is 30.3 Å². The Morgan fingerprint density at radius 2 is 1.75 bits per heavy atom. The molecule has 8 heteroatoms. The zero-order valence-electron chi connectivity index (χ0n) is 20.6. The lowest BCUT2D eigenvalue weighted by atomic mass is 9.86. The highest BCUT2D eigenvalue weighted by Gasteiger charge is 2.28. The van der Waals surface area contributed by atoms with Crippen molar-refractivity contribution in [3.63, 3.8) is 0 Å². The Balaban J connectivity index is 1.00. The van der Waals surface area contributed by atoms with Crippen LogP contribution < -0.4 is 5.32 Å². The van der Waals surface area contributed by atoms with Crippen LogP contribution in [0.1, 0.15) is 34.8 Å². The maximum Gasteiger partial charge on any atom is 0.234 e. The SMILES string of the molecule is O=C(CN1CCN(CCN=CC2=C(O)CC(c3cccs3)CC2=O)CC1)NC1Cc2ccccc2C1. The van der Waals surface area contributed by atoms with E-state index in [-0.39, 0.29) is 29.4 Å². The van der Waals surface area contributed by atoms with Crippen molar-refractivity contribution >= 4 is 29.2 Å². The number of rotatable bonds is 8. The van der Waals surface area contributed by atoms with Gasteiger partial charge in [0.15, 0.2) is 5.78 Å². The Morgan fingerprint density at radius 1 is 1.03 bits per heavy atom. The summed E-state index contributed by atoms with van der Waals surface area (Å²) in [6.07, 6.45) is 4.33. The van der Waals surface area contributed by atoms with E-state index in [0.29, 0.717) is 31.5 Å². The monoisotopic (exact) mass is 506 g/mol. The molecule has 0 saturated carbocycles. The molecule has 0 radical (unpaired) electrons. The number of nitrogens with zero attached hydrogens (tertiary/aromatic N) is 3. The molecular formula is C28H34N4O3S. The number of ketones is 1. The van der Waals surface area contributed by atoms with Gasteiger partial charge in [-0.05, 0) is 35.4 Å². The smallest absolute Gasteiger partial charge is 0.234 e. The molecule has 3 aliphatic rings. The molecule has 1 aliphatic heterocycles. The molecule has 2 aliphatic carbocycles. The van der Waals surface area contributed by atoms with Crippen LogP contribution >= 0.6 is 11.3 Å². The van der Waals surface area contributed by atoms with E-state index < -0.39 is 0 Å². The molecule has 1 atom stereocenters. The average molecular weight is 507 g/mol. The molecular weight excluding hydrogens is 472 g/mol. The summed E-state index contributed by atoms with van der Waals surface area (Å²) in [5.74, 6) is 0.302. The Kier molecular flexibility index (Phi) is 7.94. The first kappa shape index (κ1) is 24.9. The summed E-state index contributed by atoms with van der Waals surface area (Å²) in [4.78, 5) is 35.2. The van der Waals surface area contributed by atoms with Crippen LogP contribution in [0.3, 0.4) is 0 Å². The Bertz CT molecular complexity index is 1110. The second-order valence-electron chi connectivity index (χ2n) is 10.00. The van der Waals surface area contributed by atoms with E-state index in [1.807, 2.05) is 17.5 Å². The normalized spacial score (nSPS) is 21.9. The molecule has 5 rings (SSSR count). The van der Waals surface area contributed by atoms with Crippen molar-refractivity contribution in [1.29, 1.82) is 0 Å². The maximum atomic E-state index is 12.6. The number of amides is 1. The maximum absolute atomic E-state index is 12.6. The third kappa shape index (κ3) is 6.11. The minimum absolute atomic E-state index is 0.0331. The Labute approximate surface area is 216 Å². The van der Waals surface area contributed by atoms with Crippen LogP contribution in [0.25, 0.3) is 0 Å². The lowest BCUT2D eigenvalue weighted by molar-refractivity contribution is -0.123. The van der Waals surface area contributed by atoms with Gasteiger partial charge >= 0.3 is 0 Å². The molecule has 1 aromatic carbocycles. The third-order valence-corrected chi connectivity index (χ3v) is 8.48. The zero-order chi connectivity index (χ0) is 24.9. The molecule has 1 amide bonds. The summed E-state index contributed by atoms with van der Waals surface area (Å²) in [5.41, 5.74) is 3.06. The number of piperazine rings is 1. The number of nitrogens with one attached hydrogen (secondary N) is 1. The highest BCUT2D eigenvalue weighted by atomic mass is 32.1. The summed E-state index contributed by atoms with van der Waals surface area (Å²) in [6.45, 7) is 5.34. The van der Waals surface area contributed by atoms with Gasteiger partial charge in [0, 0.05) is 68.6 Å². The number of aliphatic hydroxyl groups is 1. The van der Waals surface area contributed by atoms with Crippen molar-refractivity contribution in [3.05, 3.63) is 69.1 Å². The molecule has 1 unspecified atom stereocenters. The number of Topliss-reactive ketones (excluding diaryl/α,β-unsaturated/α-hetero) is 1. The van der Waals surface area contributed by atoms with E-state index in [9.17, 15) is 14.7 Å². The number of aliphatic imine (C=N–C) groups is 1. The number of aliphatic hydroxyl groups excluding tert-OH is 1. The van der Waals surface area contributed by atoms with Gasteiger partial charge in [0.05, 0.1) is 18.7 Å². The summed E-state index contributed by atoms with van der Waals surface area (Å²) in [5, 5.41) is 15.6. The quantitative estimate of drug-likeness (QED) is 0.538. The summed E-state index contributed by atoms with van der Waals surface area (Å²) in [7, 11) is 0. The van der Waals surface area contributed by atoms with Gasteiger partial charge < -0.3 is 10.4 Å². The molecule has 2 aromatic rings. The second-order valence-corrected chi connectivity index (χ2v) is 11.0. The fraction of sp³-hybridized carbons (Fsp3) is 0.464. The number of benzene rings is 1. The van der Waals surface area contributed by atoms with Crippen molar-refractivity contribution in [2.24, 2.45) is 4.99 Å². The molecule has 36 heavy (non-hydrogen) atoms. The first-order valence-electron chi connectivity index (χ1n) is 12.8. The summed E-state index contributed by atoms with van der Waals surface area (Å²) in [6, 6.07) is 12.6. The highest BCUT2D eigenvalue weighted by Crippen LogP contribution is 2.35. The number of carbonyl (C=O) groups is 2. The van der Waals surface area contributed by atoms with Gasteiger partial charge in [-0.3, -0.25) is 24.4 Å². The highest BCUT2D eigenvalue weighted by molar-refractivity contribution is 7.10. The van der Waals surface area contributed by atoms with E-state index in [4.69, 9.17) is 0 Å². The summed E-state index contributed by atoms with van der Waals surface area (Å²) < 4.78 is 0. The van der Waals surface area contributed by atoms with Crippen LogP contribution in [0.5, 0.6) is 0 Å². The minimum atomic E-state index is -0.0331. The number of thiophene rings is 1. The molecule has 7 nitrogen and oxygen atoms in total. The van der Waals surface area contributed by atoms with Gasteiger partial charge in [0.1, 0.15) is 5.76 Å². The fourth-order valence-electron chi connectivity index (χ4n) is 5.44. The molecule has 2 N–H and O–H groups in total. The lowest BCUT2D eigenvalue weighted by Gasteiger charge is -2.34. The number of hydrogen-bond acceptors (Lipinski definition) is 7. The van der Waals surface area contributed by atoms with E-state index in [1.165, 1.54) is 11.1 Å². The standard InChI is InChI=1S/C28H34N4O3S/c33-25-16-22(27-6-3-13-36-27)17-26(34)24(25)18-29-7-8-31-9-11-32(12-10-31)19-28(35)30-23-14-20-4-1-2-5-21(20)15-23/h1-6,13,18,22-23,33H,7-12,14-17,19H2,(H,30,35). The number of carbonyl (C=O) groups excluding carboxylic acids is 2. The molecule has 0 spiro atoms. The van der Waals surface area contributed by atoms with Crippen molar-refractivity contribution in [3.8, 4) is 0 Å². The number of hydrogen-bond donors (Lipinski definition) is 2. The van der Waals surface area contributed by atoms with Gasteiger partial charge in [0.25, 0.3) is 0 Å². The molecule has 1 fully saturated rings. The van der Waals surface area contributed by atoms with E-state index in [2.05, 4.69) is 44.4 Å². The lowest BCUT2D eigenvalue weighted by Crippen LogP contribution is -2.51. The van der Waals surface area contributed by atoms with Gasteiger partial charge in [-0.25, -0.2) is 0 Å². The van der Waals surface area contributed by atoms with Gasteiger partial charge in [-0.2, -0.15) is 0 Å². The zero-order valence-corrected chi connectivity index (χ0v) is 21.4. The topological polar surface area (TPSA) is 85.2 Å². The Morgan fingerprint density at radius 3 is 2.42 bits per heavy atom. The first-order chi connectivity index (χ1) is 17.5. The molecule has 190 valence electrons. The van der Waals surface area contributed by atoms with E-state index >= 15 is 0 Å². The van der Waals surface area contributed by atoms with Crippen molar-refractivity contribution in [2.75, 3.05) is 45.8 Å². The molecule has 1 saturated heterocycles. The largest absolute Gasteiger partial charge is 0.511 e. The first-order valence-corrected chi connectivity index (χ1v) is 13.7. The van der Waals surface area contributed by atoms with E-state index in [0.717, 1.165) is 50.4 Å². The predicted octanol–water partition coefficient (Wildman–Crippen LogP) is 2.98. The predicted molar refractivity (Wildman–Crippen MR) is 143 cm³/mol. The second kappa shape index (κ2) is 11.5. The van der Waals surface area contributed by atoms with Crippen LogP contribution in [0.15, 0.2) is 58.1 Å². The summed E-state index contributed by atoms with van der Waals surface area (Å²) >= 11 is 1.63. The van der Waals surface area contributed by atoms with Crippen LogP contribution in [-0.2, 0) is 22.4 Å². The van der Waals surface area contributed by atoms with Crippen molar-refractivity contribution in [2.45, 2.75) is 37.6 Å². The molecule has 1 aromatic heterocycles. The van der Waals surface area contributed by atoms with Crippen LogP contribution in [0, 0.1) is 0 Å². The number of fused-ring (bicyclic) bond motifs is 1. The van der Waals surface area contributed by atoms with Crippen LogP contribution in [-0.4, -0.2) is 84.7 Å². The van der Waals surface area contributed by atoms with E-state index in [1.54, 1.807) is 17.6 Å². The fourth-order valence-corrected chi connectivity index (χ4v) is 6.28. The van der Waals surface area contributed by atoms with Crippen molar-refractivity contribution in [1.82, 2.24) is 15.1 Å². The van der Waals surface area contributed by atoms with Crippen LogP contribution in [0.4, 0.5) is 0 Å². The van der Waals surface area contributed by atoms with Gasteiger partial charge in [0.2, 0.25) is 5.91 Å². The Hall–Kier alpha value is -2.81. The average Bonchev–Trinajstić information content (AvgIpc) is 3.54. The van der Waals surface area contributed by atoms with Crippen molar-refractivity contribution < 1.29 is 14.7 Å². The van der Waals surface area contributed by atoms with Crippen LogP contribution in [0.2, 0.25) is 0 Å². The van der Waals surface area contributed by atoms with Gasteiger partial charge in [-0.15, -0.1) is 11.3 Å². The third-order valence-electron chi connectivity index (χ3n) is 7.44. The number of allylic oxidation sites excluding steroid dienone is 2.